The molecule has 94 valence electrons. The first-order chi connectivity index (χ1) is 8.54. The molecule has 0 spiro atoms. The Balaban J connectivity index is 2.19. The quantitative estimate of drug-likeness (QED) is 0.850. The Kier molecular flexibility index (Phi) is 3.97. The Morgan fingerprint density at radius 2 is 1.72 bits per heavy atom. The summed E-state index contributed by atoms with van der Waals surface area (Å²) in [5, 5.41) is 3.19. The van der Waals surface area contributed by atoms with Gasteiger partial charge in [-0.3, -0.25) is 0 Å². The second-order valence-corrected chi connectivity index (χ2v) is 4.99. The van der Waals surface area contributed by atoms with E-state index in [0.717, 1.165) is 16.2 Å². The summed E-state index contributed by atoms with van der Waals surface area (Å²) in [6, 6.07) is 11.0. The van der Waals surface area contributed by atoms with Crippen molar-refractivity contribution in [2.45, 2.75) is 13.0 Å². The molecule has 0 aromatic heterocycles. The number of halogens is 3. The van der Waals surface area contributed by atoms with Gasteiger partial charge in [-0.05, 0) is 42.8 Å². The molecule has 0 aliphatic carbocycles. The van der Waals surface area contributed by atoms with E-state index in [1.165, 1.54) is 12.1 Å². The van der Waals surface area contributed by atoms with E-state index in [1.54, 1.807) is 0 Å². The third kappa shape index (κ3) is 3.29. The zero-order valence-electron chi connectivity index (χ0n) is 9.75. The van der Waals surface area contributed by atoms with Crippen molar-refractivity contribution in [3.05, 3.63) is 64.1 Å². The fourth-order valence-electron chi connectivity index (χ4n) is 1.74. The van der Waals surface area contributed by atoms with Crippen molar-refractivity contribution in [3.8, 4) is 0 Å². The first-order valence-electron chi connectivity index (χ1n) is 5.53. The van der Waals surface area contributed by atoms with Crippen molar-refractivity contribution in [1.82, 2.24) is 0 Å². The summed E-state index contributed by atoms with van der Waals surface area (Å²) in [6.45, 7) is 1.86. The van der Waals surface area contributed by atoms with Crippen LogP contribution in [0.5, 0.6) is 0 Å². The molecule has 18 heavy (non-hydrogen) atoms. The highest BCUT2D eigenvalue weighted by atomic mass is 79.9. The minimum Gasteiger partial charge on any atom is -0.378 e. The second-order valence-electron chi connectivity index (χ2n) is 4.08. The number of anilines is 1. The van der Waals surface area contributed by atoms with Gasteiger partial charge < -0.3 is 5.32 Å². The summed E-state index contributed by atoms with van der Waals surface area (Å²) in [6.07, 6.45) is 0. The van der Waals surface area contributed by atoms with Crippen LogP contribution in [0.25, 0.3) is 0 Å². The first kappa shape index (κ1) is 13.0. The molecule has 0 bridgehead atoms. The molecule has 0 radical (unpaired) electrons. The van der Waals surface area contributed by atoms with E-state index < -0.39 is 11.6 Å². The zero-order valence-corrected chi connectivity index (χ0v) is 11.3. The lowest BCUT2D eigenvalue weighted by atomic mass is 10.1. The van der Waals surface area contributed by atoms with E-state index in [2.05, 4.69) is 21.2 Å². The van der Waals surface area contributed by atoms with E-state index in [9.17, 15) is 8.78 Å². The maximum atomic E-state index is 13.1. The molecule has 0 saturated heterocycles. The van der Waals surface area contributed by atoms with Crippen LogP contribution >= 0.6 is 15.9 Å². The maximum Gasteiger partial charge on any atom is 0.126 e. The van der Waals surface area contributed by atoms with E-state index in [-0.39, 0.29) is 6.04 Å². The second kappa shape index (κ2) is 5.48. The van der Waals surface area contributed by atoms with Crippen LogP contribution in [0.2, 0.25) is 0 Å². The average Bonchev–Trinajstić information content (AvgIpc) is 2.27. The standard InChI is InChI=1S/C14H12BrF2N/c1-9(10-5-12(16)8-13(17)6-10)18-14-4-2-3-11(15)7-14/h2-9,18H,1H3. The molecular weight excluding hydrogens is 300 g/mol. The number of benzene rings is 2. The van der Waals surface area contributed by atoms with Crippen molar-refractivity contribution in [1.29, 1.82) is 0 Å². The third-order valence-corrected chi connectivity index (χ3v) is 3.09. The minimum atomic E-state index is -0.562. The highest BCUT2D eigenvalue weighted by molar-refractivity contribution is 9.10. The van der Waals surface area contributed by atoms with E-state index in [1.807, 2.05) is 31.2 Å². The minimum absolute atomic E-state index is 0.176. The lowest BCUT2D eigenvalue weighted by Gasteiger charge is -2.16. The van der Waals surface area contributed by atoms with Crippen molar-refractivity contribution >= 4 is 21.6 Å². The summed E-state index contributed by atoms with van der Waals surface area (Å²) in [4.78, 5) is 0. The van der Waals surface area contributed by atoms with Crippen molar-refractivity contribution in [2.24, 2.45) is 0 Å². The molecule has 1 atom stereocenters. The first-order valence-corrected chi connectivity index (χ1v) is 6.32. The molecule has 0 aliphatic heterocycles. The number of nitrogens with one attached hydrogen (secondary N) is 1. The highest BCUT2D eigenvalue weighted by Crippen LogP contribution is 2.23. The Hall–Kier alpha value is -1.42. The molecular formula is C14H12BrF2N. The molecule has 0 heterocycles. The molecule has 1 nitrogen and oxygen atoms in total. The number of rotatable bonds is 3. The summed E-state index contributed by atoms with van der Waals surface area (Å²) in [7, 11) is 0. The SMILES string of the molecule is CC(Nc1cccc(Br)c1)c1cc(F)cc(F)c1. The monoisotopic (exact) mass is 311 g/mol. The largest absolute Gasteiger partial charge is 0.378 e. The van der Waals surface area contributed by atoms with Gasteiger partial charge in [0.2, 0.25) is 0 Å². The topological polar surface area (TPSA) is 12.0 Å². The fourth-order valence-corrected chi connectivity index (χ4v) is 2.14. The molecule has 2 aromatic rings. The maximum absolute atomic E-state index is 13.1. The zero-order chi connectivity index (χ0) is 13.1. The van der Waals surface area contributed by atoms with Crippen LogP contribution in [-0.4, -0.2) is 0 Å². The van der Waals surface area contributed by atoms with Crippen molar-refractivity contribution in [2.75, 3.05) is 5.32 Å². The number of hydrogen-bond acceptors (Lipinski definition) is 1. The molecule has 1 unspecified atom stereocenters. The fraction of sp³-hybridized carbons (Fsp3) is 0.143. The van der Waals surface area contributed by atoms with Crippen LogP contribution in [0.1, 0.15) is 18.5 Å². The summed E-state index contributed by atoms with van der Waals surface area (Å²) >= 11 is 3.37. The van der Waals surface area contributed by atoms with Gasteiger partial charge in [0.1, 0.15) is 11.6 Å². The molecule has 0 amide bonds. The van der Waals surface area contributed by atoms with Gasteiger partial charge in [-0.2, -0.15) is 0 Å². The smallest absolute Gasteiger partial charge is 0.126 e. The van der Waals surface area contributed by atoms with Gasteiger partial charge in [-0.15, -0.1) is 0 Å². The highest BCUT2D eigenvalue weighted by Gasteiger charge is 2.08. The van der Waals surface area contributed by atoms with Gasteiger partial charge in [-0.1, -0.05) is 22.0 Å². The molecule has 2 aromatic carbocycles. The van der Waals surface area contributed by atoms with Gasteiger partial charge >= 0.3 is 0 Å². The van der Waals surface area contributed by atoms with Gasteiger partial charge in [-0.25, -0.2) is 8.78 Å². The van der Waals surface area contributed by atoms with Gasteiger partial charge in [0.25, 0.3) is 0 Å². The Morgan fingerprint density at radius 3 is 2.33 bits per heavy atom. The number of hydrogen-bond donors (Lipinski definition) is 1. The predicted molar refractivity (Wildman–Crippen MR) is 72.5 cm³/mol. The van der Waals surface area contributed by atoms with Crippen LogP contribution in [-0.2, 0) is 0 Å². The van der Waals surface area contributed by atoms with E-state index in [0.29, 0.717) is 5.56 Å². The molecule has 0 fully saturated rings. The molecule has 0 aliphatic rings. The lowest BCUT2D eigenvalue weighted by Crippen LogP contribution is -2.07. The third-order valence-electron chi connectivity index (χ3n) is 2.59. The van der Waals surface area contributed by atoms with Crippen molar-refractivity contribution in [3.63, 3.8) is 0 Å². The average molecular weight is 312 g/mol. The van der Waals surface area contributed by atoms with Gasteiger partial charge in [0.15, 0.2) is 0 Å². The van der Waals surface area contributed by atoms with Crippen molar-refractivity contribution < 1.29 is 8.78 Å². The normalized spacial score (nSPS) is 12.2. The Morgan fingerprint density at radius 1 is 1.06 bits per heavy atom. The van der Waals surface area contributed by atoms with Crippen LogP contribution in [0, 0.1) is 11.6 Å². The Bertz CT molecular complexity index is 537. The molecule has 2 rings (SSSR count). The summed E-state index contributed by atoms with van der Waals surface area (Å²) in [5.74, 6) is -1.12. The van der Waals surface area contributed by atoms with Gasteiger partial charge in [0.05, 0.1) is 0 Å². The van der Waals surface area contributed by atoms with E-state index >= 15 is 0 Å². The molecule has 4 heteroatoms. The molecule has 0 saturated carbocycles. The predicted octanol–water partition coefficient (Wildman–Crippen LogP) is 4.90. The van der Waals surface area contributed by atoms with Crippen LogP contribution in [0.4, 0.5) is 14.5 Å². The lowest BCUT2D eigenvalue weighted by molar-refractivity contribution is 0.577. The van der Waals surface area contributed by atoms with E-state index in [4.69, 9.17) is 0 Å². The van der Waals surface area contributed by atoms with Gasteiger partial charge in [0, 0.05) is 22.3 Å². The van der Waals surface area contributed by atoms with Crippen LogP contribution in [0.3, 0.4) is 0 Å². The summed E-state index contributed by atoms with van der Waals surface area (Å²) in [5.41, 5.74) is 1.47. The van der Waals surface area contributed by atoms with Crippen LogP contribution in [0.15, 0.2) is 46.9 Å². The van der Waals surface area contributed by atoms with Crippen LogP contribution < -0.4 is 5.32 Å². The molecule has 1 N–H and O–H groups in total. The summed E-state index contributed by atoms with van der Waals surface area (Å²) < 4.78 is 27.2. The Labute approximate surface area is 113 Å².